The van der Waals surface area contributed by atoms with Crippen LogP contribution in [0.25, 0.3) is 22.1 Å². The van der Waals surface area contributed by atoms with Gasteiger partial charge in [0, 0.05) is 27.6 Å². The third-order valence-electron chi connectivity index (χ3n) is 6.41. The summed E-state index contributed by atoms with van der Waals surface area (Å²) < 4.78 is 22.4. The van der Waals surface area contributed by atoms with Crippen LogP contribution in [0.3, 0.4) is 0 Å². The molecular weight excluding hydrogens is 496 g/mol. The molecule has 3 N–H and O–H groups in total. The van der Waals surface area contributed by atoms with Gasteiger partial charge in [-0.1, -0.05) is 12.1 Å². The van der Waals surface area contributed by atoms with Crippen LogP contribution in [0.15, 0.2) is 69.9 Å². The lowest BCUT2D eigenvalue weighted by Gasteiger charge is -2.18. The van der Waals surface area contributed by atoms with Gasteiger partial charge in [0.1, 0.15) is 28.5 Å². The minimum atomic E-state index is -0.650. The molecule has 0 bridgehead atoms. The number of carbonyl (C=O) groups is 1. The van der Waals surface area contributed by atoms with Gasteiger partial charge in [-0.2, -0.15) is 0 Å². The van der Waals surface area contributed by atoms with Crippen LogP contribution in [0, 0.1) is 6.92 Å². The molecule has 4 aromatic rings. The Kier molecular flexibility index (Phi) is 8.26. The zero-order valence-corrected chi connectivity index (χ0v) is 22.9. The van der Waals surface area contributed by atoms with Crippen molar-refractivity contribution >= 4 is 22.6 Å². The van der Waals surface area contributed by atoms with Crippen LogP contribution in [-0.2, 0) is 0 Å². The van der Waals surface area contributed by atoms with E-state index in [0.29, 0.717) is 51.5 Å². The molecule has 0 atom stereocenters. The third kappa shape index (κ3) is 6.59. The number of ether oxygens (including phenoxy) is 3. The van der Waals surface area contributed by atoms with Crippen LogP contribution in [0.4, 0.5) is 5.69 Å². The molecule has 0 aliphatic heterocycles. The lowest BCUT2D eigenvalue weighted by atomic mass is 10.0. The first-order valence-electron chi connectivity index (χ1n) is 12.7. The van der Waals surface area contributed by atoms with Crippen molar-refractivity contribution in [1.29, 1.82) is 0 Å². The average molecular weight is 531 g/mol. The monoisotopic (exact) mass is 530 g/mol. The number of carbonyl (C=O) groups excluding carboxylic acids is 1. The van der Waals surface area contributed by atoms with E-state index in [9.17, 15) is 9.59 Å². The quantitative estimate of drug-likeness (QED) is 0.193. The predicted octanol–water partition coefficient (Wildman–Crippen LogP) is 5.93. The summed E-state index contributed by atoms with van der Waals surface area (Å²) in [6, 6.07) is 17.8. The molecule has 0 saturated carbocycles. The van der Waals surface area contributed by atoms with Gasteiger partial charge in [-0.05, 0) is 87.7 Å². The first-order valence-corrected chi connectivity index (χ1v) is 12.7. The number of nitrogens with one attached hydrogen (secondary N) is 1. The maximum Gasteiger partial charge on any atom is 0.360 e. The average Bonchev–Trinajstić information content (AvgIpc) is 2.92. The van der Waals surface area contributed by atoms with E-state index in [2.05, 4.69) is 5.32 Å². The number of aryl methyl sites for hydroxylation is 1. The molecule has 0 aliphatic rings. The molecule has 39 heavy (non-hydrogen) atoms. The molecule has 3 aromatic carbocycles. The van der Waals surface area contributed by atoms with E-state index in [1.54, 1.807) is 44.6 Å². The van der Waals surface area contributed by atoms with Crippen molar-refractivity contribution in [1.82, 2.24) is 0 Å². The highest BCUT2D eigenvalue weighted by Crippen LogP contribution is 2.33. The van der Waals surface area contributed by atoms with Crippen LogP contribution in [0.5, 0.6) is 17.2 Å². The van der Waals surface area contributed by atoms with Crippen LogP contribution >= 0.6 is 0 Å². The second kappa shape index (κ2) is 11.6. The molecule has 1 heterocycles. The Balaban J connectivity index is 1.56. The summed E-state index contributed by atoms with van der Waals surface area (Å²) in [5, 5.41) is 3.36. The third-order valence-corrected chi connectivity index (χ3v) is 6.41. The fourth-order valence-corrected chi connectivity index (χ4v) is 4.32. The van der Waals surface area contributed by atoms with Gasteiger partial charge in [-0.15, -0.1) is 0 Å². The van der Waals surface area contributed by atoms with E-state index in [0.717, 1.165) is 18.4 Å². The van der Waals surface area contributed by atoms with Crippen molar-refractivity contribution in [2.45, 2.75) is 39.2 Å². The van der Waals surface area contributed by atoms with Gasteiger partial charge in [0.15, 0.2) is 0 Å². The van der Waals surface area contributed by atoms with Gasteiger partial charge in [0.2, 0.25) is 0 Å². The minimum absolute atomic E-state index is 0.0458. The number of methoxy groups -OCH3 is 2. The Labute approximate surface area is 227 Å². The van der Waals surface area contributed by atoms with Crippen LogP contribution in [-0.4, -0.2) is 32.3 Å². The molecule has 0 saturated heterocycles. The molecule has 1 aromatic heterocycles. The van der Waals surface area contributed by atoms with E-state index >= 15 is 0 Å². The van der Waals surface area contributed by atoms with E-state index in [1.807, 2.05) is 51.1 Å². The predicted molar refractivity (Wildman–Crippen MR) is 153 cm³/mol. The minimum Gasteiger partial charge on any atom is -0.497 e. The first-order chi connectivity index (χ1) is 18.6. The summed E-state index contributed by atoms with van der Waals surface area (Å²) >= 11 is 0. The van der Waals surface area contributed by atoms with Gasteiger partial charge in [-0.25, -0.2) is 4.79 Å². The van der Waals surface area contributed by atoms with E-state index in [4.69, 9.17) is 24.4 Å². The molecule has 0 spiro atoms. The normalized spacial score (nSPS) is 11.3. The summed E-state index contributed by atoms with van der Waals surface area (Å²) in [4.78, 5) is 26.0. The Morgan fingerprint density at radius 3 is 2.49 bits per heavy atom. The number of hydrogen-bond donors (Lipinski definition) is 2. The maximum atomic E-state index is 13.2. The summed E-state index contributed by atoms with van der Waals surface area (Å²) in [5.41, 5.74) is 8.20. The zero-order chi connectivity index (χ0) is 28.2. The van der Waals surface area contributed by atoms with Crippen molar-refractivity contribution < 1.29 is 23.4 Å². The smallest absolute Gasteiger partial charge is 0.360 e. The lowest BCUT2D eigenvalue weighted by Crippen LogP contribution is -2.32. The Hall–Kier alpha value is -4.30. The molecule has 8 nitrogen and oxygen atoms in total. The van der Waals surface area contributed by atoms with Crippen molar-refractivity contribution in [2.24, 2.45) is 5.73 Å². The molecule has 0 radical (unpaired) electrons. The number of amides is 1. The number of fused-ring (bicyclic) bond motifs is 1. The highest BCUT2D eigenvalue weighted by atomic mass is 16.5. The summed E-state index contributed by atoms with van der Waals surface area (Å²) in [6.45, 7) is 6.30. The second-order valence-electron chi connectivity index (χ2n) is 10.1. The van der Waals surface area contributed by atoms with Gasteiger partial charge in [0.25, 0.3) is 5.91 Å². The van der Waals surface area contributed by atoms with Crippen molar-refractivity contribution in [3.63, 3.8) is 0 Å². The van der Waals surface area contributed by atoms with Crippen LogP contribution < -0.4 is 30.9 Å². The number of anilines is 1. The molecule has 4 rings (SSSR count). The summed E-state index contributed by atoms with van der Waals surface area (Å²) in [7, 11) is 3.16. The van der Waals surface area contributed by atoms with Crippen LogP contribution in [0.1, 0.15) is 42.6 Å². The Bertz CT molecular complexity index is 1550. The van der Waals surface area contributed by atoms with Crippen molar-refractivity contribution in [3.8, 4) is 28.4 Å². The second-order valence-corrected chi connectivity index (χ2v) is 10.1. The first kappa shape index (κ1) is 27.7. The molecular formula is C31H34N2O6. The lowest BCUT2D eigenvalue weighted by molar-refractivity contribution is 0.102. The molecule has 204 valence electrons. The standard InChI is InChI=1S/C31H34N2O6/c1-19-26(38-15-7-14-31(2,3)32)12-10-21-18-25(30(35)39-28(19)21)33-29(34)22-11-13-27(37-5)24(17-22)20-8-6-9-23(16-20)36-4/h6,8-13,16-18H,7,14-15,32H2,1-5H3,(H,33,34). The van der Waals surface area contributed by atoms with E-state index < -0.39 is 11.5 Å². The van der Waals surface area contributed by atoms with Gasteiger partial charge >= 0.3 is 5.63 Å². The largest absolute Gasteiger partial charge is 0.497 e. The number of rotatable bonds is 10. The van der Waals surface area contributed by atoms with Crippen molar-refractivity contribution in [2.75, 3.05) is 26.1 Å². The molecule has 0 fully saturated rings. The van der Waals surface area contributed by atoms with Crippen molar-refractivity contribution in [3.05, 3.63) is 82.2 Å². The van der Waals surface area contributed by atoms with Gasteiger partial charge < -0.3 is 29.7 Å². The Morgan fingerprint density at radius 2 is 1.77 bits per heavy atom. The number of nitrogens with two attached hydrogens (primary N) is 1. The molecule has 1 amide bonds. The van der Waals surface area contributed by atoms with Gasteiger partial charge in [-0.3, -0.25) is 4.79 Å². The highest BCUT2D eigenvalue weighted by Gasteiger charge is 2.17. The molecule has 8 heteroatoms. The zero-order valence-electron chi connectivity index (χ0n) is 22.9. The number of benzene rings is 3. The fraction of sp³-hybridized carbons (Fsp3) is 0.290. The molecule has 0 unspecified atom stereocenters. The van der Waals surface area contributed by atoms with E-state index in [1.165, 1.54) is 0 Å². The highest BCUT2D eigenvalue weighted by molar-refractivity contribution is 6.05. The summed E-state index contributed by atoms with van der Waals surface area (Å²) in [6.07, 6.45) is 1.63. The SMILES string of the molecule is COc1cccc(-c2cc(C(=O)Nc3cc4ccc(OCCCC(C)(C)N)c(C)c4oc3=O)ccc2OC)c1. The van der Waals surface area contributed by atoms with Crippen LogP contribution in [0.2, 0.25) is 0 Å². The summed E-state index contributed by atoms with van der Waals surface area (Å²) in [5.74, 6) is 1.47. The van der Waals surface area contributed by atoms with E-state index in [-0.39, 0.29) is 11.2 Å². The number of hydrogen-bond acceptors (Lipinski definition) is 7. The molecule has 0 aliphatic carbocycles. The fourth-order valence-electron chi connectivity index (χ4n) is 4.32. The topological polar surface area (TPSA) is 113 Å². The maximum absolute atomic E-state index is 13.2. The Morgan fingerprint density at radius 1 is 1.00 bits per heavy atom. The van der Waals surface area contributed by atoms with Gasteiger partial charge in [0.05, 0.1) is 20.8 Å².